The molecule has 2 aliphatic rings. The predicted molar refractivity (Wildman–Crippen MR) is 92.9 cm³/mol. The average Bonchev–Trinajstić information content (AvgIpc) is 2.63. The Balaban J connectivity index is 1.55. The molecule has 2 heterocycles. The Labute approximate surface area is 148 Å². The van der Waals surface area contributed by atoms with Crippen molar-refractivity contribution in [2.24, 2.45) is 17.6 Å². The molecule has 0 saturated carbocycles. The van der Waals surface area contributed by atoms with E-state index in [1.807, 2.05) is 11.0 Å². The zero-order valence-corrected chi connectivity index (χ0v) is 14.5. The molecule has 0 bridgehead atoms. The summed E-state index contributed by atoms with van der Waals surface area (Å²) in [7, 11) is 0. The number of halogens is 1. The molecule has 3 rings (SSSR count). The maximum atomic E-state index is 13.9. The number of carbonyl (C=O) groups is 2. The van der Waals surface area contributed by atoms with Crippen molar-refractivity contribution in [1.82, 2.24) is 9.80 Å². The van der Waals surface area contributed by atoms with Crippen LogP contribution < -0.4 is 5.73 Å². The predicted octanol–water partition coefficient (Wildman–Crippen LogP) is 1.76. The molecule has 0 radical (unpaired) electrons. The SMILES string of the molecule is NC(=O)C1CCN(C(=O)C2CCCN(Cc3ccccc3F)C2)CC1. The van der Waals surface area contributed by atoms with Crippen LogP contribution in [0.3, 0.4) is 0 Å². The van der Waals surface area contributed by atoms with Crippen molar-refractivity contribution in [3.8, 4) is 0 Å². The van der Waals surface area contributed by atoms with Gasteiger partial charge in [-0.15, -0.1) is 0 Å². The lowest BCUT2D eigenvalue weighted by atomic mass is 9.92. The Morgan fingerprint density at radius 3 is 2.48 bits per heavy atom. The van der Waals surface area contributed by atoms with Gasteiger partial charge in [-0.05, 0) is 38.3 Å². The topological polar surface area (TPSA) is 66.6 Å². The molecule has 1 aromatic carbocycles. The number of piperidine rings is 2. The highest BCUT2D eigenvalue weighted by Crippen LogP contribution is 2.24. The third kappa shape index (κ3) is 4.37. The van der Waals surface area contributed by atoms with E-state index in [-0.39, 0.29) is 29.5 Å². The summed E-state index contributed by atoms with van der Waals surface area (Å²) in [5.41, 5.74) is 6.03. The van der Waals surface area contributed by atoms with Gasteiger partial charge < -0.3 is 10.6 Å². The van der Waals surface area contributed by atoms with Crippen molar-refractivity contribution in [2.75, 3.05) is 26.2 Å². The standard InChI is InChI=1S/C19H26FN3O2/c20-17-6-2-1-4-15(17)12-22-9-3-5-16(13-22)19(25)23-10-7-14(8-11-23)18(21)24/h1-2,4,6,14,16H,3,5,7-13H2,(H2,21,24). The van der Waals surface area contributed by atoms with Gasteiger partial charge in [0.1, 0.15) is 5.82 Å². The van der Waals surface area contributed by atoms with E-state index < -0.39 is 0 Å². The second-order valence-electron chi connectivity index (χ2n) is 7.17. The number of hydrogen-bond donors (Lipinski definition) is 1. The van der Waals surface area contributed by atoms with Crippen LogP contribution >= 0.6 is 0 Å². The summed E-state index contributed by atoms with van der Waals surface area (Å²) in [5.74, 6) is -0.426. The second-order valence-corrected chi connectivity index (χ2v) is 7.17. The molecule has 1 unspecified atom stereocenters. The Morgan fingerprint density at radius 1 is 1.08 bits per heavy atom. The third-order valence-corrected chi connectivity index (χ3v) is 5.42. The fourth-order valence-corrected chi connectivity index (χ4v) is 3.91. The fraction of sp³-hybridized carbons (Fsp3) is 0.579. The van der Waals surface area contributed by atoms with Crippen LogP contribution in [0.2, 0.25) is 0 Å². The number of nitrogens with zero attached hydrogens (tertiary/aromatic N) is 2. The number of carbonyl (C=O) groups excluding carboxylic acids is 2. The fourth-order valence-electron chi connectivity index (χ4n) is 3.91. The van der Waals surface area contributed by atoms with Gasteiger partial charge in [0.05, 0.1) is 5.92 Å². The summed E-state index contributed by atoms with van der Waals surface area (Å²) in [6, 6.07) is 6.81. The molecule has 2 saturated heterocycles. The molecule has 6 heteroatoms. The number of hydrogen-bond acceptors (Lipinski definition) is 3. The zero-order chi connectivity index (χ0) is 17.8. The first kappa shape index (κ1) is 17.9. The lowest BCUT2D eigenvalue weighted by molar-refractivity contribution is -0.140. The minimum absolute atomic E-state index is 0.0364. The normalized spacial score (nSPS) is 22.8. The van der Waals surface area contributed by atoms with Gasteiger partial charge in [-0.25, -0.2) is 4.39 Å². The number of likely N-dealkylation sites (tertiary alicyclic amines) is 2. The van der Waals surface area contributed by atoms with Gasteiger partial charge in [-0.2, -0.15) is 0 Å². The van der Waals surface area contributed by atoms with Crippen LogP contribution in [-0.4, -0.2) is 47.8 Å². The number of rotatable bonds is 4. The highest BCUT2D eigenvalue weighted by Gasteiger charge is 2.32. The van der Waals surface area contributed by atoms with Crippen LogP contribution in [0, 0.1) is 17.7 Å². The number of nitrogens with two attached hydrogens (primary N) is 1. The number of amides is 2. The lowest BCUT2D eigenvalue weighted by Gasteiger charge is -2.37. The molecule has 1 aromatic rings. The number of primary amides is 1. The molecule has 2 fully saturated rings. The van der Waals surface area contributed by atoms with Crippen LogP contribution in [0.4, 0.5) is 4.39 Å². The Morgan fingerprint density at radius 2 is 1.80 bits per heavy atom. The third-order valence-electron chi connectivity index (χ3n) is 5.42. The summed E-state index contributed by atoms with van der Waals surface area (Å²) in [4.78, 5) is 28.1. The summed E-state index contributed by atoms with van der Waals surface area (Å²) in [6.45, 7) is 3.32. The summed E-state index contributed by atoms with van der Waals surface area (Å²) >= 11 is 0. The second kappa shape index (κ2) is 7.95. The molecule has 0 aliphatic carbocycles. The molecular weight excluding hydrogens is 321 g/mol. The van der Waals surface area contributed by atoms with Gasteiger partial charge in [0, 0.05) is 37.7 Å². The summed E-state index contributed by atoms with van der Waals surface area (Å²) in [6.07, 6.45) is 3.14. The van der Waals surface area contributed by atoms with Crippen LogP contribution in [0.15, 0.2) is 24.3 Å². The Bertz CT molecular complexity index is 629. The zero-order valence-electron chi connectivity index (χ0n) is 14.5. The first-order valence-electron chi connectivity index (χ1n) is 9.08. The molecule has 0 aromatic heterocycles. The Kier molecular flexibility index (Phi) is 5.68. The van der Waals surface area contributed by atoms with Crippen LogP contribution in [-0.2, 0) is 16.1 Å². The molecule has 2 aliphatic heterocycles. The smallest absolute Gasteiger partial charge is 0.226 e. The van der Waals surface area contributed by atoms with E-state index in [2.05, 4.69) is 4.90 Å². The maximum Gasteiger partial charge on any atom is 0.226 e. The van der Waals surface area contributed by atoms with E-state index in [1.165, 1.54) is 6.07 Å². The van der Waals surface area contributed by atoms with Gasteiger partial charge >= 0.3 is 0 Å². The van der Waals surface area contributed by atoms with E-state index in [1.54, 1.807) is 12.1 Å². The van der Waals surface area contributed by atoms with E-state index in [4.69, 9.17) is 5.73 Å². The first-order chi connectivity index (χ1) is 12.0. The lowest BCUT2D eigenvalue weighted by Crippen LogP contribution is -2.48. The molecule has 2 N–H and O–H groups in total. The van der Waals surface area contributed by atoms with Crippen LogP contribution in [0.1, 0.15) is 31.2 Å². The molecule has 136 valence electrons. The molecule has 2 amide bonds. The molecular formula is C19H26FN3O2. The van der Waals surface area contributed by atoms with E-state index >= 15 is 0 Å². The van der Waals surface area contributed by atoms with Crippen molar-refractivity contribution < 1.29 is 14.0 Å². The van der Waals surface area contributed by atoms with E-state index in [0.29, 0.717) is 44.6 Å². The average molecular weight is 347 g/mol. The van der Waals surface area contributed by atoms with Crippen molar-refractivity contribution in [1.29, 1.82) is 0 Å². The van der Waals surface area contributed by atoms with Crippen molar-refractivity contribution in [3.63, 3.8) is 0 Å². The largest absolute Gasteiger partial charge is 0.369 e. The van der Waals surface area contributed by atoms with Crippen molar-refractivity contribution in [3.05, 3.63) is 35.6 Å². The van der Waals surface area contributed by atoms with Gasteiger partial charge in [0.25, 0.3) is 0 Å². The number of benzene rings is 1. The molecule has 5 nitrogen and oxygen atoms in total. The first-order valence-corrected chi connectivity index (χ1v) is 9.08. The van der Waals surface area contributed by atoms with Gasteiger partial charge in [-0.1, -0.05) is 18.2 Å². The van der Waals surface area contributed by atoms with Gasteiger partial charge in [-0.3, -0.25) is 14.5 Å². The maximum absolute atomic E-state index is 13.9. The van der Waals surface area contributed by atoms with Crippen molar-refractivity contribution in [2.45, 2.75) is 32.2 Å². The monoisotopic (exact) mass is 347 g/mol. The van der Waals surface area contributed by atoms with Gasteiger partial charge in [0.2, 0.25) is 11.8 Å². The van der Waals surface area contributed by atoms with E-state index in [9.17, 15) is 14.0 Å². The quantitative estimate of drug-likeness (QED) is 0.902. The highest BCUT2D eigenvalue weighted by atomic mass is 19.1. The van der Waals surface area contributed by atoms with Crippen molar-refractivity contribution >= 4 is 11.8 Å². The summed E-state index contributed by atoms with van der Waals surface area (Å²) in [5, 5.41) is 0. The van der Waals surface area contributed by atoms with Crippen LogP contribution in [0.5, 0.6) is 0 Å². The minimum atomic E-state index is -0.263. The Hall–Kier alpha value is -1.95. The minimum Gasteiger partial charge on any atom is -0.369 e. The molecule has 1 atom stereocenters. The van der Waals surface area contributed by atoms with Crippen LogP contribution in [0.25, 0.3) is 0 Å². The molecule has 25 heavy (non-hydrogen) atoms. The highest BCUT2D eigenvalue weighted by molar-refractivity contribution is 5.80. The molecule has 0 spiro atoms. The summed E-state index contributed by atoms with van der Waals surface area (Å²) < 4.78 is 13.9. The van der Waals surface area contributed by atoms with Gasteiger partial charge in [0.15, 0.2) is 0 Å². The van der Waals surface area contributed by atoms with E-state index in [0.717, 1.165) is 19.4 Å².